The maximum atomic E-state index is 14.1. The largest absolute Gasteiger partial charge is 0.419 e. The van der Waals surface area contributed by atoms with Crippen LogP contribution < -0.4 is 5.32 Å². The highest BCUT2D eigenvalue weighted by atomic mass is 19.4. The number of benzene rings is 1. The fraction of sp³-hybridized carbons (Fsp3) is 0.381. The molecule has 1 N–H and O–H groups in total. The first-order valence-electron chi connectivity index (χ1n) is 10.4. The minimum absolute atomic E-state index is 0.00330. The molecule has 1 spiro atoms. The second-order valence-electron chi connectivity index (χ2n) is 8.76. The van der Waals surface area contributed by atoms with Crippen LogP contribution >= 0.6 is 0 Å². The SMILES string of the molecule is O=C(c1cc(F)ccc1-n1nccn1)N1CC2CC23CC(Nc2ncc(C(F)(F)F)cn2)C13. The summed E-state index contributed by atoms with van der Waals surface area (Å²) in [5, 5.41) is 11.2. The van der Waals surface area contributed by atoms with Gasteiger partial charge in [0.2, 0.25) is 5.95 Å². The molecular formula is C21H17F4N7O. The maximum absolute atomic E-state index is 14.1. The average molecular weight is 459 g/mol. The molecule has 6 rings (SSSR count). The summed E-state index contributed by atoms with van der Waals surface area (Å²) in [6, 6.07) is 3.49. The van der Waals surface area contributed by atoms with Gasteiger partial charge in [0.25, 0.3) is 5.91 Å². The van der Waals surface area contributed by atoms with Crippen molar-refractivity contribution in [2.45, 2.75) is 31.1 Å². The highest BCUT2D eigenvalue weighted by molar-refractivity contribution is 5.98. The summed E-state index contributed by atoms with van der Waals surface area (Å²) in [7, 11) is 0. The van der Waals surface area contributed by atoms with Crippen LogP contribution in [0.1, 0.15) is 28.8 Å². The Morgan fingerprint density at radius 2 is 1.85 bits per heavy atom. The van der Waals surface area contributed by atoms with Crippen LogP contribution in [0, 0.1) is 17.2 Å². The molecule has 12 heteroatoms. The molecule has 2 aromatic heterocycles. The topological polar surface area (TPSA) is 88.8 Å². The fourth-order valence-corrected chi connectivity index (χ4v) is 5.42. The number of halogens is 4. The number of amides is 1. The molecule has 1 saturated heterocycles. The Hall–Kier alpha value is -3.57. The van der Waals surface area contributed by atoms with Gasteiger partial charge in [-0.3, -0.25) is 4.79 Å². The summed E-state index contributed by atoms with van der Waals surface area (Å²) in [5.74, 6) is -0.447. The number of hydrogen-bond acceptors (Lipinski definition) is 6. The molecule has 4 atom stereocenters. The predicted octanol–water partition coefficient (Wildman–Crippen LogP) is 2.93. The summed E-state index contributed by atoms with van der Waals surface area (Å²) in [5.41, 5.74) is -0.407. The molecule has 4 unspecified atom stereocenters. The van der Waals surface area contributed by atoms with E-state index in [1.807, 2.05) is 0 Å². The lowest BCUT2D eigenvalue weighted by Gasteiger charge is -2.48. The zero-order valence-corrected chi connectivity index (χ0v) is 17.0. The number of nitrogens with zero attached hydrogens (tertiary/aromatic N) is 6. The quantitative estimate of drug-likeness (QED) is 0.604. The van der Waals surface area contributed by atoms with Crippen LogP contribution in [0.4, 0.5) is 23.5 Å². The van der Waals surface area contributed by atoms with E-state index in [9.17, 15) is 22.4 Å². The van der Waals surface area contributed by atoms with Crippen LogP contribution in [0.3, 0.4) is 0 Å². The third-order valence-electron chi connectivity index (χ3n) is 6.98. The van der Waals surface area contributed by atoms with E-state index >= 15 is 0 Å². The molecule has 2 aliphatic carbocycles. The molecule has 33 heavy (non-hydrogen) atoms. The van der Waals surface area contributed by atoms with Crippen molar-refractivity contribution in [3.63, 3.8) is 0 Å². The van der Waals surface area contributed by atoms with E-state index in [1.165, 1.54) is 35.4 Å². The van der Waals surface area contributed by atoms with E-state index in [0.29, 0.717) is 18.2 Å². The van der Waals surface area contributed by atoms with E-state index in [-0.39, 0.29) is 34.9 Å². The van der Waals surface area contributed by atoms with Crippen molar-refractivity contribution < 1.29 is 22.4 Å². The number of likely N-dealkylation sites (tertiary alicyclic amines) is 1. The van der Waals surface area contributed by atoms with Crippen molar-refractivity contribution in [3.05, 3.63) is 59.9 Å². The third-order valence-corrected chi connectivity index (χ3v) is 6.98. The van der Waals surface area contributed by atoms with Crippen LogP contribution in [-0.4, -0.2) is 54.4 Å². The van der Waals surface area contributed by atoms with Crippen molar-refractivity contribution in [1.82, 2.24) is 29.9 Å². The van der Waals surface area contributed by atoms with Crippen LogP contribution in [0.25, 0.3) is 5.69 Å². The number of piperidine rings is 1. The van der Waals surface area contributed by atoms with E-state index < -0.39 is 17.6 Å². The monoisotopic (exact) mass is 459 g/mol. The lowest BCUT2D eigenvalue weighted by Crippen LogP contribution is -2.60. The zero-order chi connectivity index (χ0) is 23.0. The predicted molar refractivity (Wildman–Crippen MR) is 106 cm³/mol. The molecule has 3 aliphatic rings. The highest BCUT2D eigenvalue weighted by Gasteiger charge is 2.75. The van der Waals surface area contributed by atoms with E-state index in [0.717, 1.165) is 25.2 Å². The smallest absolute Gasteiger partial charge is 0.349 e. The third kappa shape index (κ3) is 3.07. The fourth-order valence-electron chi connectivity index (χ4n) is 5.42. The first-order chi connectivity index (χ1) is 15.8. The highest BCUT2D eigenvalue weighted by Crippen LogP contribution is 2.71. The van der Waals surface area contributed by atoms with Gasteiger partial charge >= 0.3 is 6.18 Å². The van der Waals surface area contributed by atoms with Gasteiger partial charge in [0.05, 0.1) is 41.3 Å². The number of carbonyl (C=O) groups is 1. The Morgan fingerprint density at radius 3 is 2.55 bits per heavy atom. The number of hydrogen-bond donors (Lipinski definition) is 1. The number of aromatic nitrogens is 5. The Kier molecular flexibility index (Phi) is 4.08. The van der Waals surface area contributed by atoms with Gasteiger partial charge < -0.3 is 10.2 Å². The number of alkyl halides is 3. The summed E-state index contributed by atoms with van der Waals surface area (Å²) in [6.45, 7) is 0.540. The van der Waals surface area contributed by atoms with Gasteiger partial charge in [0.1, 0.15) is 5.82 Å². The standard InChI is InChI=1S/C21H17F4N7O/c22-13-1-2-16(32-28-3-4-29-32)14(5-13)18(33)31-10-11-6-20(11)7-15(17(20)31)30-19-26-8-12(9-27-19)21(23,24)25/h1-5,8-9,11,15,17H,6-7,10H2,(H,26,27,30). The second-order valence-corrected chi connectivity index (χ2v) is 8.76. The number of nitrogens with one attached hydrogen (secondary N) is 1. The van der Waals surface area contributed by atoms with Crippen LogP contribution in [0.5, 0.6) is 0 Å². The molecule has 0 bridgehead atoms. The molecule has 2 saturated carbocycles. The van der Waals surface area contributed by atoms with Gasteiger partial charge in [-0.2, -0.15) is 28.2 Å². The van der Waals surface area contributed by atoms with Crippen molar-refractivity contribution >= 4 is 11.9 Å². The van der Waals surface area contributed by atoms with Crippen LogP contribution in [0.2, 0.25) is 0 Å². The molecule has 1 amide bonds. The lowest BCUT2D eigenvalue weighted by atomic mass is 9.71. The molecule has 3 aromatic rings. The first-order valence-corrected chi connectivity index (χ1v) is 10.4. The normalized spacial score (nSPS) is 27.5. The number of rotatable bonds is 4. The lowest BCUT2D eigenvalue weighted by molar-refractivity contribution is -0.138. The Labute approximate surface area is 184 Å². The maximum Gasteiger partial charge on any atom is 0.419 e. The van der Waals surface area contributed by atoms with Crippen LogP contribution in [0.15, 0.2) is 43.0 Å². The zero-order valence-electron chi connectivity index (χ0n) is 17.0. The van der Waals surface area contributed by atoms with Crippen molar-refractivity contribution in [3.8, 4) is 5.69 Å². The van der Waals surface area contributed by atoms with Crippen molar-refractivity contribution in [1.29, 1.82) is 0 Å². The van der Waals surface area contributed by atoms with E-state index in [2.05, 4.69) is 25.5 Å². The first kappa shape index (κ1) is 20.1. The van der Waals surface area contributed by atoms with E-state index in [1.54, 1.807) is 4.90 Å². The van der Waals surface area contributed by atoms with Gasteiger partial charge in [0, 0.05) is 18.9 Å². The second kappa shape index (κ2) is 6.72. The molecule has 8 nitrogen and oxygen atoms in total. The molecule has 3 heterocycles. The number of carbonyl (C=O) groups excluding carboxylic acids is 1. The minimum atomic E-state index is -4.51. The Bertz CT molecular complexity index is 1230. The molecule has 1 aliphatic heterocycles. The van der Waals surface area contributed by atoms with Crippen LogP contribution in [-0.2, 0) is 6.18 Å². The molecule has 0 radical (unpaired) electrons. The van der Waals surface area contributed by atoms with E-state index in [4.69, 9.17) is 0 Å². The van der Waals surface area contributed by atoms with Gasteiger partial charge in [-0.05, 0) is 42.4 Å². The Balaban J connectivity index is 1.26. The molecule has 3 fully saturated rings. The molecule has 170 valence electrons. The minimum Gasteiger partial charge on any atom is -0.349 e. The summed E-state index contributed by atoms with van der Waals surface area (Å²) < 4.78 is 52.4. The average Bonchev–Trinajstić information content (AvgIpc) is 3.14. The number of anilines is 1. The summed E-state index contributed by atoms with van der Waals surface area (Å²) in [4.78, 5) is 24.1. The van der Waals surface area contributed by atoms with Gasteiger partial charge in [-0.1, -0.05) is 0 Å². The van der Waals surface area contributed by atoms with Gasteiger partial charge in [-0.25, -0.2) is 14.4 Å². The molecular weight excluding hydrogens is 442 g/mol. The van der Waals surface area contributed by atoms with Gasteiger partial charge in [0.15, 0.2) is 0 Å². The Morgan fingerprint density at radius 1 is 1.12 bits per heavy atom. The molecule has 1 aromatic carbocycles. The van der Waals surface area contributed by atoms with Gasteiger partial charge in [-0.15, -0.1) is 0 Å². The van der Waals surface area contributed by atoms with Crippen molar-refractivity contribution in [2.24, 2.45) is 11.3 Å². The summed E-state index contributed by atoms with van der Waals surface area (Å²) in [6.07, 6.45) is 1.65. The van der Waals surface area contributed by atoms with Crippen molar-refractivity contribution in [2.75, 3.05) is 11.9 Å². The summed E-state index contributed by atoms with van der Waals surface area (Å²) >= 11 is 0.